The van der Waals surface area contributed by atoms with E-state index < -0.39 is 17.6 Å². The fourth-order valence-electron chi connectivity index (χ4n) is 1.75. The van der Waals surface area contributed by atoms with Gasteiger partial charge in [-0.3, -0.25) is 0 Å². The number of anilines is 3. The SMILES string of the molecule is COc1cc(Nc2ccc(C(F)(F)F)cc2N)ccc1F. The molecule has 0 saturated carbocycles. The van der Waals surface area contributed by atoms with E-state index in [-0.39, 0.29) is 17.1 Å². The molecule has 0 heterocycles. The summed E-state index contributed by atoms with van der Waals surface area (Å²) in [5.41, 5.74) is 5.44. The zero-order valence-corrected chi connectivity index (χ0v) is 11.0. The number of nitrogens with two attached hydrogens (primary N) is 1. The normalized spacial score (nSPS) is 11.3. The van der Waals surface area contributed by atoms with Crippen LogP contribution in [0.25, 0.3) is 0 Å². The van der Waals surface area contributed by atoms with Crippen LogP contribution in [0.2, 0.25) is 0 Å². The summed E-state index contributed by atoms with van der Waals surface area (Å²) in [6, 6.07) is 6.96. The molecule has 0 unspecified atom stereocenters. The minimum Gasteiger partial charge on any atom is -0.494 e. The van der Waals surface area contributed by atoms with Crippen molar-refractivity contribution in [2.75, 3.05) is 18.2 Å². The molecule has 0 spiro atoms. The molecule has 0 aliphatic carbocycles. The molecule has 0 atom stereocenters. The number of hydrogen-bond acceptors (Lipinski definition) is 3. The number of methoxy groups -OCH3 is 1. The molecule has 0 saturated heterocycles. The molecule has 112 valence electrons. The number of alkyl halides is 3. The van der Waals surface area contributed by atoms with Gasteiger partial charge in [0.25, 0.3) is 0 Å². The Morgan fingerprint density at radius 2 is 1.81 bits per heavy atom. The van der Waals surface area contributed by atoms with Gasteiger partial charge in [-0.1, -0.05) is 0 Å². The maximum Gasteiger partial charge on any atom is 0.416 e. The number of rotatable bonds is 3. The zero-order chi connectivity index (χ0) is 15.6. The Balaban J connectivity index is 2.28. The van der Waals surface area contributed by atoms with E-state index in [0.717, 1.165) is 12.1 Å². The lowest BCUT2D eigenvalue weighted by Crippen LogP contribution is -2.06. The third kappa shape index (κ3) is 3.36. The van der Waals surface area contributed by atoms with Crippen LogP contribution >= 0.6 is 0 Å². The van der Waals surface area contributed by atoms with Gasteiger partial charge in [0.05, 0.1) is 24.0 Å². The molecule has 3 N–H and O–H groups in total. The highest BCUT2D eigenvalue weighted by Crippen LogP contribution is 2.34. The smallest absolute Gasteiger partial charge is 0.416 e. The van der Waals surface area contributed by atoms with Crippen LogP contribution < -0.4 is 15.8 Å². The van der Waals surface area contributed by atoms with Crippen molar-refractivity contribution >= 4 is 17.1 Å². The van der Waals surface area contributed by atoms with E-state index in [2.05, 4.69) is 5.32 Å². The molecular weight excluding hydrogens is 288 g/mol. The standard InChI is InChI=1S/C14H12F4N2O/c1-21-13-7-9(3-4-10(13)15)20-12-5-2-8(6-11(12)19)14(16,17)18/h2-7,20H,19H2,1H3. The van der Waals surface area contributed by atoms with E-state index in [4.69, 9.17) is 10.5 Å². The van der Waals surface area contributed by atoms with Gasteiger partial charge in [-0.2, -0.15) is 13.2 Å². The molecule has 0 aromatic heterocycles. The Labute approximate surface area is 118 Å². The maximum absolute atomic E-state index is 13.3. The van der Waals surface area contributed by atoms with E-state index >= 15 is 0 Å². The largest absolute Gasteiger partial charge is 0.494 e. The molecule has 0 amide bonds. The molecule has 0 aliphatic heterocycles. The van der Waals surface area contributed by atoms with Gasteiger partial charge in [0.2, 0.25) is 0 Å². The second kappa shape index (κ2) is 5.51. The second-order valence-electron chi connectivity index (χ2n) is 4.27. The van der Waals surface area contributed by atoms with Gasteiger partial charge in [-0.25, -0.2) is 4.39 Å². The first-order valence-corrected chi connectivity index (χ1v) is 5.88. The van der Waals surface area contributed by atoms with Gasteiger partial charge >= 0.3 is 6.18 Å². The van der Waals surface area contributed by atoms with Crippen LogP contribution in [-0.4, -0.2) is 7.11 Å². The quantitative estimate of drug-likeness (QED) is 0.660. The number of benzene rings is 2. The molecule has 2 aromatic rings. The average molecular weight is 300 g/mol. The molecule has 0 aliphatic rings. The molecule has 0 fully saturated rings. The molecule has 0 radical (unpaired) electrons. The fourth-order valence-corrected chi connectivity index (χ4v) is 1.75. The van der Waals surface area contributed by atoms with Gasteiger partial charge in [0, 0.05) is 11.8 Å². The van der Waals surface area contributed by atoms with E-state index in [0.29, 0.717) is 5.69 Å². The van der Waals surface area contributed by atoms with Crippen molar-refractivity contribution in [2.45, 2.75) is 6.18 Å². The summed E-state index contributed by atoms with van der Waals surface area (Å²) < 4.78 is 55.7. The lowest BCUT2D eigenvalue weighted by Gasteiger charge is -2.13. The number of nitrogen functional groups attached to an aromatic ring is 1. The molecule has 0 bridgehead atoms. The van der Waals surface area contributed by atoms with E-state index in [9.17, 15) is 17.6 Å². The van der Waals surface area contributed by atoms with Crippen molar-refractivity contribution in [3.63, 3.8) is 0 Å². The van der Waals surface area contributed by atoms with E-state index in [1.165, 1.54) is 31.4 Å². The number of ether oxygens (including phenoxy) is 1. The first-order valence-electron chi connectivity index (χ1n) is 5.88. The van der Waals surface area contributed by atoms with Gasteiger partial charge in [0.15, 0.2) is 11.6 Å². The zero-order valence-electron chi connectivity index (χ0n) is 11.0. The van der Waals surface area contributed by atoms with Crippen LogP contribution in [0.15, 0.2) is 36.4 Å². The van der Waals surface area contributed by atoms with Crippen molar-refractivity contribution in [2.24, 2.45) is 0 Å². The van der Waals surface area contributed by atoms with Crippen LogP contribution in [0, 0.1) is 5.82 Å². The van der Waals surface area contributed by atoms with Crippen LogP contribution in [0.4, 0.5) is 34.6 Å². The molecule has 7 heteroatoms. The third-order valence-corrected chi connectivity index (χ3v) is 2.81. The minimum atomic E-state index is -4.45. The van der Waals surface area contributed by atoms with Crippen LogP contribution in [0.3, 0.4) is 0 Å². The van der Waals surface area contributed by atoms with Crippen molar-refractivity contribution in [1.82, 2.24) is 0 Å². The minimum absolute atomic E-state index is 0.0190. The van der Waals surface area contributed by atoms with Crippen molar-refractivity contribution in [3.8, 4) is 5.75 Å². The van der Waals surface area contributed by atoms with Crippen LogP contribution in [-0.2, 0) is 6.18 Å². The number of halogens is 4. The third-order valence-electron chi connectivity index (χ3n) is 2.81. The van der Waals surface area contributed by atoms with Crippen molar-refractivity contribution in [1.29, 1.82) is 0 Å². The maximum atomic E-state index is 13.3. The summed E-state index contributed by atoms with van der Waals surface area (Å²) in [5, 5.41) is 2.81. The number of hydrogen-bond donors (Lipinski definition) is 2. The fraction of sp³-hybridized carbons (Fsp3) is 0.143. The highest BCUT2D eigenvalue weighted by atomic mass is 19.4. The lowest BCUT2D eigenvalue weighted by atomic mass is 10.1. The summed E-state index contributed by atoms with van der Waals surface area (Å²) in [5.74, 6) is -0.520. The predicted molar refractivity (Wildman–Crippen MR) is 72.1 cm³/mol. The Bertz CT molecular complexity index is 656. The summed E-state index contributed by atoms with van der Waals surface area (Å²) in [4.78, 5) is 0. The Morgan fingerprint density at radius 3 is 2.38 bits per heavy atom. The molecule has 2 aromatic carbocycles. The first-order chi connectivity index (χ1) is 9.81. The van der Waals surface area contributed by atoms with Crippen molar-refractivity contribution < 1.29 is 22.3 Å². The molecule has 2 rings (SSSR count). The Kier molecular flexibility index (Phi) is 3.93. The van der Waals surface area contributed by atoms with Gasteiger partial charge in [-0.05, 0) is 30.3 Å². The van der Waals surface area contributed by atoms with E-state index in [1.54, 1.807) is 0 Å². The van der Waals surface area contributed by atoms with Crippen molar-refractivity contribution in [3.05, 3.63) is 47.8 Å². The first kappa shape index (κ1) is 15.0. The second-order valence-corrected chi connectivity index (χ2v) is 4.27. The molecular formula is C14H12F4N2O. The summed E-state index contributed by atoms with van der Waals surface area (Å²) >= 11 is 0. The lowest BCUT2D eigenvalue weighted by molar-refractivity contribution is -0.137. The summed E-state index contributed by atoms with van der Waals surface area (Å²) in [7, 11) is 1.31. The Morgan fingerprint density at radius 1 is 1.10 bits per heavy atom. The topological polar surface area (TPSA) is 47.3 Å². The predicted octanol–water partition coefficient (Wildman–Crippen LogP) is 4.18. The van der Waals surface area contributed by atoms with E-state index in [1.807, 2.05) is 0 Å². The summed E-state index contributed by atoms with van der Waals surface area (Å²) in [6.45, 7) is 0. The van der Waals surface area contributed by atoms with Gasteiger partial charge in [-0.15, -0.1) is 0 Å². The van der Waals surface area contributed by atoms with Gasteiger partial charge in [0.1, 0.15) is 0 Å². The molecule has 21 heavy (non-hydrogen) atoms. The van der Waals surface area contributed by atoms with Crippen LogP contribution in [0.5, 0.6) is 5.75 Å². The number of nitrogens with one attached hydrogen (secondary N) is 1. The molecule has 3 nitrogen and oxygen atoms in total. The highest BCUT2D eigenvalue weighted by Gasteiger charge is 2.30. The van der Waals surface area contributed by atoms with Gasteiger partial charge < -0.3 is 15.8 Å². The highest BCUT2D eigenvalue weighted by molar-refractivity contribution is 5.73. The van der Waals surface area contributed by atoms with Crippen LogP contribution in [0.1, 0.15) is 5.56 Å². The average Bonchev–Trinajstić information content (AvgIpc) is 2.42. The monoisotopic (exact) mass is 300 g/mol. The summed E-state index contributed by atoms with van der Waals surface area (Å²) in [6.07, 6.45) is -4.45. The Hall–Kier alpha value is -2.44.